The average Bonchev–Trinajstić information content (AvgIpc) is 2.30. The molecule has 96 valence electrons. The van der Waals surface area contributed by atoms with Crippen LogP contribution >= 0.6 is 0 Å². The van der Waals surface area contributed by atoms with E-state index in [1.165, 1.54) is 38.6 Å². The van der Waals surface area contributed by atoms with E-state index in [1.54, 1.807) is 0 Å². The number of hydrogen-bond donors (Lipinski definition) is 1. The Labute approximate surface area is 102 Å². The fourth-order valence-electron chi connectivity index (χ4n) is 3.34. The Balaban J connectivity index is 2.73. The smallest absolute Gasteiger partial charge is 0.0356 e. The van der Waals surface area contributed by atoms with E-state index in [0.29, 0.717) is 0 Å². The van der Waals surface area contributed by atoms with E-state index in [1.807, 2.05) is 0 Å². The van der Waals surface area contributed by atoms with E-state index in [-0.39, 0.29) is 5.54 Å². The number of unbranched alkanes of at least 4 members (excludes halogenated alkanes) is 1. The van der Waals surface area contributed by atoms with E-state index in [4.69, 9.17) is 5.73 Å². The lowest BCUT2D eigenvalue weighted by atomic mass is 9.67. The summed E-state index contributed by atoms with van der Waals surface area (Å²) >= 11 is 0. The van der Waals surface area contributed by atoms with Crippen molar-refractivity contribution in [2.75, 3.05) is 20.1 Å². The quantitative estimate of drug-likeness (QED) is 0.781. The van der Waals surface area contributed by atoms with E-state index in [9.17, 15) is 0 Å². The summed E-state index contributed by atoms with van der Waals surface area (Å²) in [4.78, 5) is 2.55. The molecule has 0 aromatic rings. The molecular formula is C14H30N2. The molecule has 0 aromatic carbocycles. The molecule has 1 aliphatic rings. The summed E-state index contributed by atoms with van der Waals surface area (Å²) in [6, 6.07) is 0. The normalized spacial score (nSPS) is 35.6. The first-order chi connectivity index (χ1) is 7.58. The van der Waals surface area contributed by atoms with Crippen LogP contribution in [-0.2, 0) is 0 Å². The Morgan fingerprint density at radius 2 is 2.06 bits per heavy atom. The monoisotopic (exact) mass is 226 g/mol. The van der Waals surface area contributed by atoms with Crippen LogP contribution in [-0.4, -0.2) is 30.6 Å². The van der Waals surface area contributed by atoms with Crippen LogP contribution in [0, 0.1) is 11.8 Å². The molecule has 0 bridgehead atoms. The molecule has 16 heavy (non-hydrogen) atoms. The predicted octanol–water partition coefficient (Wildman–Crippen LogP) is 2.87. The van der Waals surface area contributed by atoms with Gasteiger partial charge in [-0.2, -0.15) is 0 Å². The fourth-order valence-corrected chi connectivity index (χ4v) is 3.34. The first-order valence-corrected chi connectivity index (χ1v) is 6.99. The zero-order chi connectivity index (χ0) is 12.2. The van der Waals surface area contributed by atoms with Crippen LogP contribution in [0.1, 0.15) is 52.9 Å². The molecule has 0 heterocycles. The minimum absolute atomic E-state index is 0.271. The number of rotatable bonds is 5. The van der Waals surface area contributed by atoms with Gasteiger partial charge in [0.25, 0.3) is 0 Å². The first-order valence-electron chi connectivity index (χ1n) is 6.99. The lowest BCUT2D eigenvalue weighted by molar-refractivity contribution is 0.00591. The van der Waals surface area contributed by atoms with Gasteiger partial charge < -0.3 is 5.73 Å². The van der Waals surface area contributed by atoms with Crippen molar-refractivity contribution in [3.05, 3.63) is 0 Å². The summed E-state index contributed by atoms with van der Waals surface area (Å²) < 4.78 is 0. The van der Waals surface area contributed by atoms with Gasteiger partial charge >= 0.3 is 0 Å². The van der Waals surface area contributed by atoms with E-state index < -0.39 is 0 Å². The summed E-state index contributed by atoms with van der Waals surface area (Å²) in [5.41, 5.74) is 6.39. The molecule has 2 nitrogen and oxygen atoms in total. The largest absolute Gasteiger partial charge is 0.329 e. The van der Waals surface area contributed by atoms with Gasteiger partial charge in [0.15, 0.2) is 0 Å². The first kappa shape index (κ1) is 14.0. The second-order valence-electron chi connectivity index (χ2n) is 5.74. The summed E-state index contributed by atoms with van der Waals surface area (Å²) in [7, 11) is 2.27. The lowest BCUT2D eigenvalue weighted by Crippen LogP contribution is -2.59. The lowest BCUT2D eigenvalue weighted by Gasteiger charge is -2.51. The van der Waals surface area contributed by atoms with E-state index >= 15 is 0 Å². The van der Waals surface area contributed by atoms with Crippen molar-refractivity contribution in [2.24, 2.45) is 17.6 Å². The summed E-state index contributed by atoms with van der Waals surface area (Å²) in [6.07, 6.45) is 6.58. The van der Waals surface area contributed by atoms with Gasteiger partial charge in [-0.15, -0.1) is 0 Å². The van der Waals surface area contributed by atoms with Crippen molar-refractivity contribution in [3.8, 4) is 0 Å². The van der Waals surface area contributed by atoms with Crippen LogP contribution in [0.5, 0.6) is 0 Å². The minimum atomic E-state index is 0.271. The van der Waals surface area contributed by atoms with Gasteiger partial charge in [-0.3, -0.25) is 4.90 Å². The third kappa shape index (κ3) is 2.60. The van der Waals surface area contributed by atoms with E-state index in [2.05, 4.69) is 32.7 Å². The molecule has 0 amide bonds. The van der Waals surface area contributed by atoms with Crippen LogP contribution < -0.4 is 5.73 Å². The number of nitrogens with two attached hydrogens (primary N) is 1. The molecule has 0 spiro atoms. The molecule has 1 aliphatic carbocycles. The van der Waals surface area contributed by atoms with Crippen LogP contribution in [0.3, 0.4) is 0 Å². The second kappa shape index (κ2) is 6.02. The third-order valence-electron chi connectivity index (χ3n) is 4.93. The molecule has 2 N–H and O–H groups in total. The molecule has 0 saturated heterocycles. The predicted molar refractivity (Wildman–Crippen MR) is 71.5 cm³/mol. The molecule has 0 radical (unpaired) electrons. The molecule has 1 rings (SSSR count). The van der Waals surface area contributed by atoms with Gasteiger partial charge in [0.1, 0.15) is 0 Å². The van der Waals surface area contributed by atoms with Gasteiger partial charge in [0.2, 0.25) is 0 Å². The van der Waals surface area contributed by atoms with Crippen molar-refractivity contribution in [3.63, 3.8) is 0 Å². The topological polar surface area (TPSA) is 29.3 Å². The number of nitrogens with zero attached hydrogens (tertiary/aromatic N) is 1. The maximum atomic E-state index is 6.12. The third-order valence-corrected chi connectivity index (χ3v) is 4.93. The molecule has 0 aliphatic heterocycles. The van der Waals surface area contributed by atoms with Crippen LogP contribution in [0.2, 0.25) is 0 Å². The molecular weight excluding hydrogens is 196 g/mol. The zero-order valence-corrected chi connectivity index (χ0v) is 11.6. The minimum Gasteiger partial charge on any atom is -0.329 e. The van der Waals surface area contributed by atoms with Crippen molar-refractivity contribution in [1.82, 2.24) is 4.90 Å². The fraction of sp³-hybridized carbons (Fsp3) is 1.00. The van der Waals surface area contributed by atoms with Crippen molar-refractivity contribution < 1.29 is 0 Å². The van der Waals surface area contributed by atoms with E-state index in [0.717, 1.165) is 18.4 Å². The van der Waals surface area contributed by atoms with Crippen LogP contribution in [0.25, 0.3) is 0 Å². The maximum absolute atomic E-state index is 6.12. The molecule has 2 heteroatoms. The molecule has 0 aromatic heterocycles. The van der Waals surface area contributed by atoms with Gasteiger partial charge in [-0.25, -0.2) is 0 Å². The molecule has 3 atom stereocenters. The maximum Gasteiger partial charge on any atom is 0.0356 e. The van der Waals surface area contributed by atoms with Crippen LogP contribution in [0.15, 0.2) is 0 Å². The summed E-state index contributed by atoms with van der Waals surface area (Å²) in [6.45, 7) is 9.07. The Hall–Kier alpha value is -0.0800. The SMILES string of the molecule is CCCCN(C)C1(CN)CCCC(C)C1C. The zero-order valence-electron chi connectivity index (χ0n) is 11.6. The highest BCUT2D eigenvalue weighted by Crippen LogP contribution is 2.40. The van der Waals surface area contributed by atoms with Crippen LogP contribution in [0.4, 0.5) is 0 Å². The summed E-state index contributed by atoms with van der Waals surface area (Å²) in [5.74, 6) is 1.55. The standard InChI is InChI=1S/C14H30N2/c1-5-6-10-16(4)14(11-15)9-7-8-12(2)13(14)3/h12-13H,5-11,15H2,1-4H3. The number of hydrogen-bond acceptors (Lipinski definition) is 2. The van der Waals surface area contributed by atoms with Gasteiger partial charge in [0, 0.05) is 12.1 Å². The highest BCUT2D eigenvalue weighted by molar-refractivity contribution is 4.99. The molecule has 3 unspecified atom stereocenters. The van der Waals surface area contributed by atoms with Crippen molar-refractivity contribution >= 4 is 0 Å². The number of likely N-dealkylation sites (N-methyl/N-ethyl adjacent to an activating group) is 1. The Morgan fingerprint density at radius 1 is 1.38 bits per heavy atom. The Bertz CT molecular complexity index is 205. The summed E-state index contributed by atoms with van der Waals surface area (Å²) in [5, 5.41) is 0. The highest BCUT2D eigenvalue weighted by atomic mass is 15.2. The Morgan fingerprint density at radius 3 is 2.62 bits per heavy atom. The van der Waals surface area contributed by atoms with Gasteiger partial charge in [-0.1, -0.05) is 40.0 Å². The van der Waals surface area contributed by atoms with Crippen molar-refractivity contribution in [2.45, 2.75) is 58.4 Å². The molecule has 1 saturated carbocycles. The average molecular weight is 226 g/mol. The van der Waals surface area contributed by atoms with Gasteiger partial charge in [0.05, 0.1) is 0 Å². The molecule has 1 fully saturated rings. The Kier molecular flexibility index (Phi) is 5.26. The second-order valence-corrected chi connectivity index (χ2v) is 5.74. The highest BCUT2D eigenvalue weighted by Gasteiger charge is 2.42. The van der Waals surface area contributed by atoms with Gasteiger partial charge in [-0.05, 0) is 38.3 Å². The van der Waals surface area contributed by atoms with Crippen molar-refractivity contribution in [1.29, 1.82) is 0 Å².